The van der Waals surface area contributed by atoms with Crippen molar-refractivity contribution in [3.8, 4) is 0 Å². The minimum absolute atomic E-state index is 0.0997. The van der Waals surface area contributed by atoms with Crippen LogP contribution in [0.15, 0.2) is 59.5 Å². The van der Waals surface area contributed by atoms with Crippen LogP contribution < -0.4 is 10.9 Å². The molecule has 1 atom stereocenters. The van der Waals surface area contributed by atoms with E-state index in [0.717, 1.165) is 27.4 Å². The van der Waals surface area contributed by atoms with E-state index in [4.69, 9.17) is 0 Å². The molecule has 0 aliphatic heterocycles. The number of carbonyl (C=O) groups is 1. The van der Waals surface area contributed by atoms with Crippen molar-refractivity contribution >= 4 is 27.7 Å². The average molecular weight is 388 g/mol. The van der Waals surface area contributed by atoms with Crippen molar-refractivity contribution in [1.29, 1.82) is 0 Å². The summed E-state index contributed by atoms with van der Waals surface area (Å²) >= 11 is 0. The van der Waals surface area contributed by atoms with Crippen molar-refractivity contribution in [3.05, 3.63) is 76.2 Å². The Hall–Kier alpha value is -3.41. The number of carbonyl (C=O) groups excluding carboxylic acids is 1. The third-order valence-electron chi connectivity index (χ3n) is 5.52. The van der Waals surface area contributed by atoms with Crippen LogP contribution in [0.25, 0.3) is 21.8 Å². The average Bonchev–Trinajstić information content (AvgIpc) is 3.06. The number of benzene rings is 2. The number of nitrogens with one attached hydrogen (secondary N) is 1. The number of hydrogen-bond donors (Lipinski definition) is 1. The standard InChI is InChI=1S/C23H24N4O2/c1-4-19(22(28)24-13-16-10-6-5-9-15(16)2)27-20-12-8-7-11-17(20)18-14-25-26(3)23(29)21(18)27/h5-12,14,19H,4,13H2,1-3H3,(H,24,28). The zero-order valence-electron chi connectivity index (χ0n) is 16.8. The quantitative estimate of drug-likeness (QED) is 0.569. The fraction of sp³-hybridized carbons (Fsp3) is 0.261. The lowest BCUT2D eigenvalue weighted by molar-refractivity contribution is -0.124. The number of hydrogen-bond acceptors (Lipinski definition) is 3. The molecular weight excluding hydrogens is 364 g/mol. The molecule has 1 unspecified atom stereocenters. The Morgan fingerprint density at radius 2 is 1.83 bits per heavy atom. The van der Waals surface area contributed by atoms with Crippen LogP contribution in [0.2, 0.25) is 0 Å². The van der Waals surface area contributed by atoms with Gasteiger partial charge in [0.15, 0.2) is 0 Å². The lowest BCUT2D eigenvalue weighted by atomic mass is 10.1. The predicted molar refractivity (Wildman–Crippen MR) is 115 cm³/mol. The highest BCUT2D eigenvalue weighted by atomic mass is 16.2. The highest BCUT2D eigenvalue weighted by Crippen LogP contribution is 2.30. The second-order valence-corrected chi connectivity index (χ2v) is 7.29. The van der Waals surface area contributed by atoms with Crippen molar-refractivity contribution in [2.45, 2.75) is 32.9 Å². The highest BCUT2D eigenvalue weighted by molar-refractivity contribution is 6.08. The molecule has 0 aliphatic carbocycles. The van der Waals surface area contributed by atoms with Crippen LogP contribution in [0.5, 0.6) is 0 Å². The fourth-order valence-corrected chi connectivity index (χ4v) is 3.91. The third kappa shape index (κ3) is 3.20. The Kier molecular flexibility index (Phi) is 4.92. The Bertz CT molecular complexity index is 1270. The zero-order valence-corrected chi connectivity index (χ0v) is 16.8. The number of rotatable bonds is 5. The maximum atomic E-state index is 13.2. The predicted octanol–water partition coefficient (Wildman–Crippen LogP) is 3.46. The maximum Gasteiger partial charge on any atom is 0.291 e. The van der Waals surface area contributed by atoms with Crippen LogP contribution in [0.3, 0.4) is 0 Å². The molecule has 0 saturated carbocycles. The first-order valence-electron chi connectivity index (χ1n) is 9.80. The molecule has 2 aromatic heterocycles. The van der Waals surface area contributed by atoms with Crippen molar-refractivity contribution < 1.29 is 4.79 Å². The van der Waals surface area contributed by atoms with E-state index in [0.29, 0.717) is 18.5 Å². The first kappa shape index (κ1) is 18.9. The molecule has 29 heavy (non-hydrogen) atoms. The van der Waals surface area contributed by atoms with Crippen LogP contribution in [0, 0.1) is 6.92 Å². The SMILES string of the molecule is CCC(C(=O)NCc1ccccc1C)n1c2ccccc2c2cnn(C)c(=O)c21. The van der Waals surface area contributed by atoms with Gasteiger partial charge >= 0.3 is 0 Å². The molecule has 0 aliphatic rings. The largest absolute Gasteiger partial charge is 0.350 e. The second-order valence-electron chi connectivity index (χ2n) is 7.29. The van der Waals surface area contributed by atoms with Gasteiger partial charge in [-0.05, 0) is 30.5 Å². The molecule has 0 bridgehead atoms. The monoisotopic (exact) mass is 388 g/mol. The molecular formula is C23H24N4O2. The summed E-state index contributed by atoms with van der Waals surface area (Å²) < 4.78 is 3.19. The van der Waals surface area contributed by atoms with Gasteiger partial charge in [0.05, 0.1) is 11.7 Å². The van der Waals surface area contributed by atoms with E-state index in [1.807, 2.05) is 66.9 Å². The normalized spacial score (nSPS) is 12.4. The van der Waals surface area contributed by atoms with Gasteiger partial charge in [0.2, 0.25) is 5.91 Å². The molecule has 0 saturated heterocycles. The number of aromatic nitrogens is 3. The Morgan fingerprint density at radius 3 is 2.59 bits per heavy atom. The number of para-hydroxylation sites is 1. The Balaban J connectivity index is 1.80. The van der Waals surface area contributed by atoms with Crippen LogP contribution in [-0.2, 0) is 18.4 Å². The number of nitrogens with zero attached hydrogens (tertiary/aromatic N) is 3. The first-order chi connectivity index (χ1) is 14.0. The van der Waals surface area contributed by atoms with Gasteiger partial charge in [-0.1, -0.05) is 49.4 Å². The smallest absolute Gasteiger partial charge is 0.291 e. The summed E-state index contributed by atoms with van der Waals surface area (Å²) in [6, 6.07) is 15.3. The van der Waals surface area contributed by atoms with Gasteiger partial charge < -0.3 is 9.88 Å². The lowest BCUT2D eigenvalue weighted by Crippen LogP contribution is -2.33. The minimum Gasteiger partial charge on any atom is -0.350 e. The lowest BCUT2D eigenvalue weighted by Gasteiger charge is -2.19. The van der Waals surface area contributed by atoms with Crippen molar-refractivity contribution in [2.75, 3.05) is 0 Å². The van der Waals surface area contributed by atoms with Gasteiger partial charge in [-0.15, -0.1) is 0 Å². The van der Waals surface area contributed by atoms with E-state index < -0.39 is 6.04 Å². The van der Waals surface area contributed by atoms with Crippen molar-refractivity contribution in [2.24, 2.45) is 7.05 Å². The van der Waals surface area contributed by atoms with Gasteiger partial charge in [0.25, 0.3) is 5.56 Å². The summed E-state index contributed by atoms with van der Waals surface area (Å²) in [6.45, 7) is 4.45. The van der Waals surface area contributed by atoms with E-state index in [1.165, 1.54) is 4.68 Å². The topological polar surface area (TPSA) is 68.9 Å². The molecule has 1 amide bonds. The molecule has 0 radical (unpaired) electrons. The van der Waals surface area contributed by atoms with Crippen molar-refractivity contribution in [1.82, 2.24) is 19.7 Å². The molecule has 1 N–H and O–H groups in total. The Labute approximate surface area is 168 Å². The molecule has 0 fully saturated rings. The summed E-state index contributed by atoms with van der Waals surface area (Å²) in [6.07, 6.45) is 2.27. The number of amides is 1. The molecule has 6 nitrogen and oxygen atoms in total. The molecule has 0 spiro atoms. The van der Waals surface area contributed by atoms with Gasteiger partial charge in [0.1, 0.15) is 11.6 Å². The van der Waals surface area contributed by atoms with E-state index in [1.54, 1.807) is 13.2 Å². The molecule has 2 heterocycles. The van der Waals surface area contributed by atoms with E-state index >= 15 is 0 Å². The second kappa shape index (κ2) is 7.54. The molecule has 4 aromatic rings. The summed E-state index contributed by atoms with van der Waals surface area (Å²) in [5, 5.41) is 8.94. The Morgan fingerprint density at radius 1 is 1.10 bits per heavy atom. The van der Waals surface area contributed by atoms with Gasteiger partial charge in [-0.3, -0.25) is 9.59 Å². The summed E-state index contributed by atoms with van der Waals surface area (Å²) in [4.78, 5) is 26.1. The molecule has 6 heteroatoms. The third-order valence-corrected chi connectivity index (χ3v) is 5.52. The highest BCUT2D eigenvalue weighted by Gasteiger charge is 2.25. The minimum atomic E-state index is -0.489. The van der Waals surface area contributed by atoms with E-state index in [-0.39, 0.29) is 11.5 Å². The fourth-order valence-electron chi connectivity index (χ4n) is 3.91. The molecule has 148 valence electrons. The van der Waals surface area contributed by atoms with Crippen LogP contribution >= 0.6 is 0 Å². The van der Waals surface area contributed by atoms with Gasteiger partial charge in [-0.2, -0.15) is 5.10 Å². The van der Waals surface area contributed by atoms with Crippen LogP contribution in [-0.4, -0.2) is 20.3 Å². The first-order valence-corrected chi connectivity index (χ1v) is 9.80. The summed E-state index contributed by atoms with van der Waals surface area (Å²) in [5.41, 5.74) is 3.40. The van der Waals surface area contributed by atoms with E-state index in [2.05, 4.69) is 10.4 Å². The number of aryl methyl sites for hydroxylation is 2. The van der Waals surface area contributed by atoms with Gasteiger partial charge in [-0.25, -0.2) is 4.68 Å². The summed E-state index contributed by atoms with van der Waals surface area (Å²) in [5.74, 6) is -0.0997. The maximum absolute atomic E-state index is 13.2. The zero-order chi connectivity index (χ0) is 20.5. The van der Waals surface area contributed by atoms with Crippen molar-refractivity contribution in [3.63, 3.8) is 0 Å². The molecule has 2 aromatic carbocycles. The number of fused-ring (bicyclic) bond motifs is 3. The van der Waals surface area contributed by atoms with Crippen LogP contribution in [0.1, 0.15) is 30.5 Å². The van der Waals surface area contributed by atoms with E-state index in [9.17, 15) is 9.59 Å². The van der Waals surface area contributed by atoms with Crippen LogP contribution in [0.4, 0.5) is 0 Å². The van der Waals surface area contributed by atoms with Gasteiger partial charge in [0, 0.05) is 24.4 Å². The molecule has 4 rings (SSSR count). The summed E-state index contributed by atoms with van der Waals surface area (Å²) in [7, 11) is 1.63.